The highest BCUT2D eigenvalue weighted by Crippen LogP contribution is 2.10. The number of aromatic amines is 1. The smallest absolute Gasteiger partial charge is 0.211 e. The molecule has 1 aromatic heterocycles. The van der Waals surface area contributed by atoms with Gasteiger partial charge in [-0.15, -0.1) is 0 Å². The number of rotatable bonds is 3. The average molecular weight is 214 g/mol. The van der Waals surface area contributed by atoms with Gasteiger partial charge in [0.1, 0.15) is 0 Å². The Bertz CT molecular complexity index is 614. The van der Waals surface area contributed by atoms with E-state index >= 15 is 0 Å². The molecule has 4 heteroatoms. The third-order valence-electron chi connectivity index (χ3n) is 2.30. The van der Waals surface area contributed by atoms with Gasteiger partial charge in [0.2, 0.25) is 6.41 Å². The molecule has 0 aliphatic heterocycles. The molecule has 1 aromatic carbocycles. The predicted octanol–water partition coefficient (Wildman–Crippen LogP) is 1.24. The summed E-state index contributed by atoms with van der Waals surface area (Å²) in [6.45, 7) is 3.65. The van der Waals surface area contributed by atoms with Crippen LogP contribution >= 0.6 is 0 Å². The second-order valence-corrected chi connectivity index (χ2v) is 3.33. The number of hydrogen-bond donors (Lipinski definition) is 2. The van der Waals surface area contributed by atoms with Crippen LogP contribution in [0, 0.1) is 0 Å². The van der Waals surface area contributed by atoms with Crippen LogP contribution < -0.4 is 10.7 Å². The van der Waals surface area contributed by atoms with E-state index in [-0.39, 0.29) is 5.43 Å². The van der Waals surface area contributed by atoms with Crippen molar-refractivity contribution in [2.45, 2.75) is 0 Å². The van der Waals surface area contributed by atoms with Crippen LogP contribution in [0.15, 0.2) is 41.7 Å². The molecule has 16 heavy (non-hydrogen) atoms. The molecule has 2 aromatic rings. The van der Waals surface area contributed by atoms with Gasteiger partial charge in [0.25, 0.3) is 0 Å². The van der Waals surface area contributed by atoms with Gasteiger partial charge in [-0.3, -0.25) is 9.59 Å². The fourth-order valence-corrected chi connectivity index (χ4v) is 1.51. The van der Waals surface area contributed by atoms with Gasteiger partial charge in [0, 0.05) is 17.0 Å². The lowest BCUT2D eigenvalue weighted by Gasteiger charge is -2.05. The van der Waals surface area contributed by atoms with E-state index in [0.29, 0.717) is 23.2 Å². The molecule has 2 rings (SSSR count). The second-order valence-electron chi connectivity index (χ2n) is 3.33. The molecule has 1 amide bonds. The third kappa shape index (κ3) is 1.72. The summed E-state index contributed by atoms with van der Waals surface area (Å²) in [4.78, 5) is 25.0. The van der Waals surface area contributed by atoms with Crippen LogP contribution in [-0.4, -0.2) is 11.4 Å². The van der Waals surface area contributed by atoms with Crippen molar-refractivity contribution in [1.29, 1.82) is 0 Å². The summed E-state index contributed by atoms with van der Waals surface area (Å²) in [6, 6.07) is 8.59. The number of carbonyl (C=O) groups excluding carboxylic acids is 1. The molecule has 0 radical (unpaired) electrons. The Kier molecular flexibility index (Phi) is 2.55. The van der Waals surface area contributed by atoms with Gasteiger partial charge in [-0.2, -0.15) is 0 Å². The van der Waals surface area contributed by atoms with E-state index < -0.39 is 0 Å². The molecule has 2 N–H and O–H groups in total. The number of amides is 1. The van der Waals surface area contributed by atoms with E-state index in [4.69, 9.17) is 0 Å². The maximum Gasteiger partial charge on any atom is 0.211 e. The summed E-state index contributed by atoms with van der Waals surface area (Å²) in [5.41, 5.74) is 1.51. The zero-order valence-electron chi connectivity index (χ0n) is 8.49. The van der Waals surface area contributed by atoms with Crippen molar-refractivity contribution in [1.82, 2.24) is 10.3 Å². The van der Waals surface area contributed by atoms with Crippen LogP contribution in [0.25, 0.3) is 16.6 Å². The van der Waals surface area contributed by atoms with E-state index in [1.165, 1.54) is 6.07 Å². The molecule has 0 saturated heterocycles. The molecule has 1 heterocycles. The molecule has 4 nitrogen and oxygen atoms in total. The highest BCUT2D eigenvalue weighted by Gasteiger charge is 2.03. The number of benzene rings is 1. The molecule has 0 aliphatic rings. The lowest BCUT2D eigenvalue weighted by Crippen LogP contribution is -2.12. The summed E-state index contributed by atoms with van der Waals surface area (Å²) in [5.74, 6) is 0. The molecular weight excluding hydrogens is 204 g/mol. The highest BCUT2D eigenvalue weighted by atomic mass is 16.1. The van der Waals surface area contributed by atoms with Crippen molar-refractivity contribution < 1.29 is 4.79 Å². The second kappa shape index (κ2) is 4.02. The van der Waals surface area contributed by atoms with Crippen LogP contribution in [0.2, 0.25) is 0 Å². The Morgan fingerprint density at radius 3 is 2.88 bits per heavy atom. The van der Waals surface area contributed by atoms with Gasteiger partial charge in [-0.1, -0.05) is 18.7 Å². The predicted molar refractivity (Wildman–Crippen MR) is 62.8 cm³/mol. The molecule has 0 spiro atoms. The van der Waals surface area contributed by atoms with Gasteiger partial charge in [0.05, 0.1) is 11.4 Å². The summed E-state index contributed by atoms with van der Waals surface area (Å²) < 4.78 is 0. The first-order valence-electron chi connectivity index (χ1n) is 4.74. The van der Waals surface area contributed by atoms with E-state index in [1.54, 1.807) is 18.2 Å². The fourth-order valence-electron chi connectivity index (χ4n) is 1.51. The summed E-state index contributed by atoms with van der Waals surface area (Å²) >= 11 is 0. The molecule has 0 fully saturated rings. The summed E-state index contributed by atoms with van der Waals surface area (Å²) in [6.07, 6.45) is 0.524. The van der Waals surface area contributed by atoms with Crippen molar-refractivity contribution in [3.8, 4) is 0 Å². The standard InChI is InChI=1S/C12H10N2O2/c1-8(13-7-15)11-6-12(16)9-4-2-3-5-10(9)14-11/h2-7H,1H2,(H,13,15)(H,14,16). The van der Waals surface area contributed by atoms with Crippen molar-refractivity contribution in [2.24, 2.45) is 0 Å². The van der Waals surface area contributed by atoms with E-state index in [1.807, 2.05) is 6.07 Å². The quantitative estimate of drug-likeness (QED) is 0.755. The maximum atomic E-state index is 11.7. The van der Waals surface area contributed by atoms with E-state index in [0.717, 1.165) is 5.52 Å². The lowest BCUT2D eigenvalue weighted by molar-refractivity contribution is -0.108. The largest absolute Gasteiger partial charge is 0.353 e. The number of carbonyl (C=O) groups is 1. The molecular formula is C12H10N2O2. The first-order valence-corrected chi connectivity index (χ1v) is 4.74. The zero-order chi connectivity index (χ0) is 11.5. The van der Waals surface area contributed by atoms with Crippen LogP contribution in [-0.2, 0) is 4.79 Å². The molecule has 0 atom stereocenters. The molecule has 80 valence electrons. The normalized spacial score (nSPS) is 10.0. The number of pyridine rings is 1. The molecule has 0 bridgehead atoms. The van der Waals surface area contributed by atoms with Crippen LogP contribution in [0.4, 0.5) is 0 Å². The maximum absolute atomic E-state index is 11.7. The third-order valence-corrected chi connectivity index (χ3v) is 2.30. The number of para-hydroxylation sites is 1. The Balaban J connectivity index is 2.62. The minimum Gasteiger partial charge on any atom is -0.353 e. The van der Waals surface area contributed by atoms with Crippen molar-refractivity contribution in [3.63, 3.8) is 0 Å². The zero-order valence-corrected chi connectivity index (χ0v) is 8.49. The number of hydrogen-bond acceptors (Lipinski definition) is 2. The van der Waals surface area contributed by atoms with Crippen molar-refractivity contribution in [3.05, 3.63) is 52.8 Å². The van der Waals surface area contributed by atoms with Crippen molar-refractivity contribution in [2.75, 3.05) is 0 Å². The van der Waals surface area contributed by atoms with Gasteiger partial charge in [-0.25, -0.2) is 0 Å². The monoisotopic (exact) mass is 214 g/mol. The van der Waals surface area contributed by atoms with Gasteiger partial charge < -0.3 is 10.3 Å². The Morgan fingerprint density at radius 1 is 1.38 bits per heavy atom. The first kappa shape index (κ1) is 10.2. The summed E-state index contributed by atoms with van der Waals surface area (Å²) in [5, 5.41) is 3.02. The van der Waals surface area contributed by atoms with Gasteiger partial charge in [-0.05, 0) is 12.1 Å². The Labute approximate surface area is 91.6 Å². The Morgan fingerprint density at radius 2 is 2.12 bits per heavy atom. The van der Waals surface area contributed by atoms with Crippen LogP contribution in [0.5, 0.6) is 0 Å². The minimum absolute atomic E-state index is 0.0989. The number of aromatic nitrogens is 1. The topological polar surface area (TPSA) is 62.0 Å². The van der Waals surface area contributed by atoms with E-state index in [2.05, 4.69) is 16.9 Å². The minimum atomic E-state index is -0.0989. The molecule has 0 saturated carbocycles. The van der Waals surface area contributed by atoms with Crippen LogP contribution in [0.1, 0.15) is 5.69 Å². The highest BCUT2D eigenvalue weighted by molar-refractivity contribution is 5.81. The average Bonchev–Trinajstić information content (AvgIpc) is 2.29. The lowest BCUT2D eigenvalue weighted by atomic mass is 10.2. The van der Waals surface area contributed by atoms with E-state index in [9.17, 15) is 9.59 Å². The van der Waals surface area contributed by atoms with Crippen molar-refractivity contribution >= 4 is 23.0 Å². The number of nitrogens with one attached hydrogen (secondary N) is 2. The Hall–Kier alpha value is -2.36. The first-order chi connectivity index (χ1) is 7.72. The van der Waals surface area contributed by atoms with Gasteiger partial charge in [0.15, 0.2) is 5.43 Å². The number of H-pyrrole nitrogens is 1. The SMILES string of the molecule is C=C(NC=O)c1cc(=O)c2ccccc2[nH]1. The van der Waals surface area contributed by atoms with Crippen LogP contribution in [0.3, 0.4) is 0 Å². The number of fused-ring (bicyclic) bond motifs is 1. The molecule has 0 unspecified atom stereocenters. The van der Waals surface area contributed by atoms with Gasteiger partial charge >= 0.3 is 0 Å². The molecule has 0 aliphatic carbocycles. The summed E-state index contributed by atoms with van der Waals surface area (Å²) in [7, 11) is 0. The fraction of sp³-hybridized carbons (Fsp3) is 0.